The van der Waals surface area contributed by atoms with Gasteiger partial charge in [-0.15, -0.1) is 0 Å². The van der Waals surface area contributed by atoms with Crippen molar-refractivity contribution >= 4 is 5.71 Å². The van der Waals surface area contributed by atoms with Crippen LogP contribution in [-0.4, -0.2) is 5.71 Å². The second-order valence-corrected chi connectivity index (χ2v) is 3.33. The van der Waals surface area contributed by atoms with Crippen molar-refractivity contribution in [3.63, 3.8) is 0 Å². The fourth-order valence-electron chi connectivity index (χ4n) is 1.27. The topological polar surface area (TPSA) is 23.9 Å². The molecule has 0 amide bonds. The van der Waals surface area contributed by atoms with Crippen LogP contribution >= 0.6 is 0 Å². The third-order valence-corrected chi connectivity index (χ3v) is 2.14. The van der Waals surface area contributed by atoms with Gasteiger partial charge in [-0.3, -0.25) is 0 Å². The Hall–Kier alpha value is -1.63. The number of hydrogen-bond donors (Lipinski definition) is 1. The minimum Gasteiger partial charge on any atom is -0.301 e. The van der Waals surface area contributed by atoms with Gasteiger partial charge in [0.25, 0.3) is 0 Å². The molecule has 1 N–H and O–H groups in total. The fourth-order valence-corrected chi connectivity index (χ4v) is 1.27. The number of nitrogens with one attached hydrogen (secondary N) is 1. The average molecular weight is 199 g/mol. The van der Waals surface area contributed by atoms with Crippen molar-refractivity contribution in [1.29, 1.82) is 5.41 Å². The summed E-state index contributed by atoms with van der Waals surface area (Å²) < 4.78 is 0. The van der Waals surface area contributed by atoms with E-state index in [2.05, 4.69) is 19.1 Å². The zero-order valence-corrected chi connectivity index (χ0v) is 9.11. The molecule has 1 heteroatoms. The second-order valence-electron chi connectivity index (χ2n) is 3.33. The van der Waals surface area contributed by atoms with Crippen molar-refractivity contribution < 1.29 is 0 Å². The van der Waals surface area contributed by atoms with Crippen LogP contribution < -0.4 is 0 Å². The summed E-state index contributed by atoms with van der Waals surface area (Å²) in [5.74, 6) is 0. The van der Waals surface area contributed by atoms with E-state index in [9.17, 15) is 0 Å². The maximum atomic E-state index is 7.57. The van der Waals surface area contributed by atoms with Crippen LogP contribution in [0.25, 0.3) is 0 Å². The molecule has 0 fully saturated rings. The van der Waals surface area contributed by atoms with Crippen LogP contribution in [0.5, 0.6) is 0 Å². The molecule has 0 aromatic rings. The van der Waals surface area contributed by atoms with E-state index >= 15 is 0 Å². The van der Waals surface area contributed by atoms with Gasteiger partial charge in [-0.2, -0.15) is 0 Å². The predicted molar refractivity (Wildman–Crippen MR) is 67.3 cm³/mol. The van der Waals surface area contributed by atoms with E-state index in [1.807, 2.05) is 36.5 Å². The van der Waals surface area contributed by atoms with E-state index in [1.54, 1.807) is 6.08 Å². The maximum absolute atomic E-state index is 7.57. The van der Waals surface area contributed by atoms with E-state index in [1.165, 1.54) is 5.57 Å². The highest BCUT2D eigenvalue weighted by atomic mass is 14.4. The molecule has 0 saturated heterocycles. The molecule has 0 atom stereocenters. The van der Waals surface area contributed by atoms with E-state index < -0.39 is 0 Å². The van der Waals surface area contributed by atoms with Crippen molar-refractivity contribution in [3.8, 4) is 0 Å². The van der Waals surface area contributed by atoms with E-state index in [0.29, 0.717) is 5.71 Å². The van der Waals surface area contributed by atoms with E-state index in [4.69, 9.17) is 5.41 Å². The SMILES string of the molecule is CCC1=C\C/C=C\C(=N)\C=C/C=C\C=C/1. The molecular weight excluding hydrogens is 182 g/mol. The van der Waals surface area contributed by atoms with E-state index in [0.717, 1.165) is 12.8 Å². The smallest absolute Gasteiger partial charge is 0.0536 e. The van der Waals surface area contributed by atoms with Crippen LogP contribution in [0.3, 0.4) is 0 Å². The first-order valence-corrected chi connectivity index (χ1v) is 5.28. The summed E-state index contributed by atoms with van der Waals surface area (Å²) in [5.41, 5.74) is 1.87. The molecular formula is C14H17N. The Labute approximate surface area is 91.7 Å². The van der Waals surface area contributed by atoms with Crippen molar-refractivity contribution in [2.75, 3.05) is 0 Å². The van der Waals surface area contributed by atoms with Gasteiger partial charge in [0.1, 0.15) is 0 Å². The quantitative estimate of drug-likeness (QED) is 0.660. The van der Waals surface area contributed by atoms with Gasteiger partial charge in [-0.05, 0) is 25.0 Å². The molecule has 1 aliphatic carbocycles. The maximum Gasteiger partial charge on any atom is 0.0536 e. The lowest BCUT2D eigenvalue weighted by Crippen LogP contribution is -1.82. The van der Waals surface area contributed by atoms with Crippen molar-refractivity contribution in [1.82, 2.24) is 0 Å². The summed E-state index contributed by atoms with van der Waals surface area (Å²) in [4.78, 5) is 0. The van der Waals surface area contributed by atoms with Gasteiger partial charge >= 0.3 is 0 Å². The molecule has 0 spiro atoms. The van der Waals surface area contributed by atoms with Gasteiger partial charge < -0.3 is 5.41 Å². The van der Waals surface area contributed by atoms with Crippen LogP contribution in [0.1, 0.15) is 19.8 Å². The molecule has 1 rings (SSSR count). The highest BCUT2D eigenvalue weighted by Crippen LogP contribution is 2.05. The van der Waals surface area contributed by atoms with Crippen LogP contribution in [-0.2, 0) is 0 Å². The Bertz CT molecular complexity index is 352. The first-order valence-electron chi connectivity index (χ1n) is 5.28. The Kier molecular flexibility index (Phi) is 5.16. The number of rotatable bonds is 1. The van der Waals surface area contributed by atoms with Crippen molar-refractivity contribution in [2.45, 2.75) is 19.8 Å². The predicted octanol–water partition coefficient (Wildman–Crippen LogP) is 3.97. The van der Waals surface area contributed by atoms with Gasteiger partial charge in [-0.25, -0.2) is 0 Å². The molecule has 1 nitrogen and oxygen atoms in total. The van der Waals surface area contributed by atoms with Crippen LogP contribution in [0, 0.1) is 5.41 Å². The van der Waals surface area contributed by atoms with Gasteiger partial charge in [0, 0.05) is 0 Å². The van der Waals surface area contributed by atoms with Crippen LogP contribution in [0.4, 0.5) is 0 Å². The van der Waals surface area contributed by atoms with E-state index in [-0.39, 0.29) is 0 Å². The van der Waals surface area contributed by atoms with Gasteiger partial charge in [0.05, 0.1) is 5.71 Å². The molecule has 15 heavy (non-hydrogen) atoms. The summed E-state index contributed by atoms with van der Waals surface area (Å²) in [6.45, 7) is 2.15. The summed E-state index contributed by atoms with van der Waals surface area (Å²) in [6, 6.07) is 0. The molecule has 1 aliphatic rings. The molecule has 0 aliphatic heterocycles. The third kappa shape index (κ3) is 4.96. The first-order chi connectivity index (χ1) is 7.33. The van der Waals surface area contributed by atoms with Gasteiger partial charge in [0.15, 0.2) is 0 Å². The largest absolute Gasteiger partial charge is 0.301 e. The molecule has 0 heterocycles. The summed E-state index contributed by atoms with van der Waals surface area (Å²) >= 11 is 0. The molecule has 0 unspecified atom stereocenters. The zero-order chi connectivity index (χ0) is 10.9. The normalized spacial score (nSPS) is 29.1. The lowest BCUT2D eigenvalue weighted by molar-refractivity contribution is 1.13. The second kappa shape index (κ2) is 6.77. The van der Waals surface area contributed by atoms with Crippen LogP contribution in [0.2, 0.25) is 0 Å². The Balaban J connectivity index is 2.82. The third-order valence-electron chi connectivity index (χ3n) is 2.14. The summed E-state index contributed by atoms with van der Waals surface area (Å²) in [6.07, 6.45) is 19.7. The first kappa shape index (κ1) is 11.4. The van der Waals surface area contributed by atoms with Crippen molar-refractivity contribution in [3.05, 3.63) is 60.3 Å². The minimum atomic E-state index is 0.538. The molecule has 0 radical (unpaired) electrons. The number of hydrogen-bond acceptors (Lipinski definition) is 1. The molecule has 0 bridgehead atoms. The highest BCUT2D eigenvalue weighted by Gasteiger charge is 1.87. The minimum absolute atomic E-state index is 0.538. The average Bonchev–Trinajstić information content (AvgIpc) is 2.23. The fraction of sp³-hybridized carbons (Fsp3) is 0.214. The molecule has 78 valence electrons. The lowest BCUT2D eigenvalue weighted by Gasteiger charge is -1.95. The lowest BCUT2D eigenvalue weighted by atomic mass is 10.1. The summed E-state index contributed by atoms with van der Waals surface area (Å²) in [7, 11) is 0. The Morgan fingerprint density at radius 2 is 1.80 bits per heavy atom. The molecule has 0 saturated carbocycles. The van der Waals surface area contributed by atoms with Crippen molar-refractivity contribution in [2.24, 2.45) is 0 Å². The van der Waals surface area contributed by atoms with Crippen LogP contribution in [0.15, 0.2) is 60.3 Å². The molecule has 0 aromatic carbocycles. The Morgan fingerprint density at radius 1 is 1.07 bits per heavy atom. The standard InChI is InChI=1S/C14H17N/c1-2-13-9-5-3-4-6-11-14(15)12-8-7-10-13/h3-6,8-12,15H,2,7H2,1H3/b4-3-,9-5-,11-6-,12-8-,13-10-,15-14?. The Morgan fingerprint density at radius 3 is 2.53 bits per heavy atom. The molecule has 0 aromatic heterocycles. The highest BCUT2D eigenvalue weighted by molar-refractivity contribution is 6.01. The van der Waals surface area contributed by atoms with Gasteiger partial charge in [-0.1, -0.05) is 55.0 Å². The monoisotopic (exact) mass is 199 g/mol. The zero-order valence-electron chi connectivity index (χ0n) is 9.11. The number of allylic oxidation sites excluding steroid dienone is 10. The summed E-state index contributed by atoms with van der Waals surface area (Å²) in [5, 5.41) is 7.57. The van der Waals surface area contributed by atoms with Gasteiger partial charge in [0.2, 0.25) is 0 Å².